The van der Waals surface area contributed by atoms with Crippen LogP contribution in [0.25, 0.3) is 0 Å². The molecule has 1 aromatic heterocycles. The van der Waals surface area contributed by atoms with Crippen molar-refractivity contribution in [1.29, 1.82) is 0 Å². The first kappa shape index (κ1) is 25.9. The molecule has 0 spiro atoms. The maximum absolute atomic E-state index is 12.5. The SMILES string of the molecule is CCn1c(Cc2ccccc2Nc2c(Cl)cccc2Cl)nnc1SCC(=O)Nc1cccc(OC)c1. The van der Waals surface area contributed by atoms with Crippen molar-refractivity contribution in [3.63, 3.8) is 0 Å². The Morgan fingerprint density at radius 2 is 1.78 bits per heavy atom. The number of nitrogens with one attached hydrogen (secondary N) is 2. The van der Waals surface area contributed by atoms with Crippen molar-refractivity contribution in [2.24, 2.45) is 0 Å². The Labute approximate surface area is 224 Å². The maximum atomic E-state index is 12.5. The molecule has 1 amide bonds. The summed E-state index contributed by atoms with van der Waals surface area (Å²) in [7, 11) is 1.59. The van der Waals surface area contributed by atoms with Gasteiger partial charge >= 0.3 is 0 Å². The van der Waals surface area contributed by atoms with Gasteiger partial charge in [-0.1, -0.05) is 65.3 Å². The number of carbonyl (C=O) groups is 1. The second-order valence-corrected chi connectivity index (χ2v) is 9.52. The molecule has 0 aliphatic heterocycles. The number of benzene rings is 3. The smallest absolute Gasteiger partial charge is 0.234 e. The minimum atomic E-state index is -0.133. The number of carbonyl (C=O) groups excluding carboxylic acids is 1. The molecule has 0 bridgehead atoms. The number of nitrogens with zero attached hydrogens (tertiary/aromatic N) is 3. The number of amides is 1. The largest absolute Gasteiger partial charge is 0.497 e. The summed E-state index contributed by atoms with van der Waals surface area (Å²) in [5.74, 6) is 1.56. The molecule has 2 N–H and O–H groups in total. The van der Waals surface area contributed by atoms with Crippen LogP contribution in [0.3, 0.4) is 0 Å². The summed E-state index contributed by atoms with van der Waals surface area (Å²) in [5.41, 5.74) is 3.23. The highest BCUT2D eigenvalue weighted by molar-refractivity contribution is 7.99. The standard InChI is InChI=1S/C26H25Cl2N5O2S/c1-3-33-23(14-17-8-4-5-13-22(17)30-25-20(27)11-7-12-21(25)28)31-32-26(33)36-16-24(34)29-18-9-6-10-19(15-18)35-2/h4-13,15,30H,3,14,16H2,1-2H3,(H,29,34). The van der Waals surface area contributed by atoms with Gasteiger partial charge in [-0.25, -0.2) is 0 Å². The van der Waals surface area contributed by atoms with Crippen molar-refractivity contribution in [1.82, 2.24) is 14.8 Å². The first-order valence-corrected chi connectivity index (χ1v) is 13.0. The van der Waals surface area contributed by atoms with Gasteiger partial charge in [0.1, 0.15) is 11.6 Å². The fourth-order valence-electron chi connectivity index (χ4n) is 3.62. The third-order valence-electron chi connectivity index (χ3n) is 5.38. The monoisotopic (exact) mass is 541 g/mol. The Morgan fingerprint density at radius 3 is 2.53 bits per heavy atom. The normalized spacial score (nSPS) is 10.8. The van der Waals surface area contributed by atoms with Gasteiger partial charge in [0.15, 0.2) is 5.16 Å². The molecule has 10 heteroatoms. The third kappa shape index (κ3) is 6.32. The van der Waals surface area contributed by atoms with Crippen LogP contribution in [0.4, 0.5) is 17.1 Å². The lowest BCUT2D eigenvalue weighted by molar-refractivity contribution is -0.113. The number of thioether (sulfide) groups is 1. The average Bonchev–Trinajstić information content (AvgIpc) is 3.27. The summed E-state index contributed by atoms with van der Waals surface area (Å²) < 4.78 is 7.22. The molecular weight excluding hydrogens is 517 g/mol. The van der Waals surface area contributed by atoms with Crippen molar-refractivity contribution >= 4 is 57.9 Å². The minimum Gasteiger partial charge on any atom is -0.497 e. The van der Waals surface area contributed by atoms with Gasteiger partial charge in [0.05, 0.1) is 28.6 Å². The van der Waals surface area contributed by atoms with Crippen molar-refractivity contribution in [2.75, 3.05) is 23.5 Å². The quantitative estimate of drug-likeness (QED) is 0.218. The molecule has 7 nitrogen and oxygen atoms in total. The maximum Gasteiger partial charge on any atom is 0.234 e. The summed E-state index contributed by atoms with van der Waals surface area (Å²) in [6.45, 7) is 2.70. The van der Waals surface area contributed by atoms with Crippen LogP contribution in [-0.4, -0.2) is 33.5 Å². The van der Waals surface area contributed by atoms with Gasteiger partial charge in [0.25, 0.3) is 0 Å². The molecule has 0 unspecified atom stereocenters. The van der Waals surface area contributed by atoms with Crippen LogP contribution >= 0.6 is 35.0 Å². The first-order valence-electron chi connectivity index (χ1n) is 11.3. The Balaban J connectivity index is 1.45. The first-order chi connectivity index (χ1) is 17.5. The number of ether oxygens (including phenoxy) is 1. The molecule has 4 rings (SSSR count). The molecule has 0 aliphatic carbocycles. The van der Waals surface area contributed by atoms with Crippen molar-refractivity contribution in [3.05, 3.63) is 88.2 Å². The zero-order valence-electron chi connectivity index (χ0n) is 19.8. The molecule has 0 saturated heterocycles. The average molecular weight is 542 g/mol. The number of hydrogen-bond donors (Lipinski definition) is 2. The predicted molar refractivity (Wildman–Crippen MR) is 147 cm³/mol. The second kappa shape index (κ2) is 12.2. The number of halogens is 2. The summed E-state index contributed by atoms with van der Waals surface area (Å²) in [6.07, 6.45) is 0.544. The highest BCUT2D eigenvalue weighted by Crippen LogP contribution is 2.34. The minimum absolute atomic E-state index is 0.133. The Kier molecular flexibility index (Phi) is 8.74. The van der Waals surface area contributed by atoms with E-state index in [0.717, 1.165) is 17.1 Å². The number of anilines is 3. The Hall–Kier alpha value is -3.20. The molecule has 0 atom stereocenters. The van der Waals surface area contributed by atoms with Crippen LogP contribution in [-0.2, 0) is 17.8 Å². The molecule has 0 aliphatic rings. The van der Waals surface area contributed by atoms with Crippen LogP contribution in [0.2, 0.25) is 10.0 Å². The number of rotatable bonds is 10. The van der Waals surface area contributed by atoms with Gasteiger partial charge < -0.3 is 19.9 Å². The molecular formula is C26H25Cl2N5O2S. The van der Waals surface area contributed by atoms with Crippen LogP contribution in [0.1, 0.15) is 18.3 Å². The number of hydrogen-bond acceptors (Lipinski definition) is 6. The van der Waals surface area contributed by atoms with Crippen LogP contribution < -0.4 is 15.4 Å². The topological polar surface area (TPSA) is 81.1 Å². The number of aromatic nitrogens is 3. The van der Waals surface area contributed by atoms with E-state index in [4.69, 9.17) is 27.9 Å². The van der Waals surface area contributed by atoms with Crippen LogP contribution in [0.15, 0.2) is 71.9 Å². The van der Waals surface area contributed by atoms with E-state index < -0.39 is 0 Å². The molecule has 0 radical (unpaired) electrons. The lowest BCUT2D eigenvalue weighted by atomic mass is 10.1. The lowest BCUT2D eigenvalue weighted by Crippen LogP contribution is -2.14. The molecule has 0 saturated carbocycles. The molecule has 0 fully saturated rings. The van der Waals surface area contributed by atoms with Crippen LogP contribution in [0, 0.1) is 0 Å². The van der Waals surface area contributed by atoms with E-state index in [1.165, 1.54) is 11.8 Å². The Morgan fingerprint density at radius 1 is 1.03 bits per heavy atom. The highest BCUT2D eigenvalue weighted by Gasteiger charge is 2.16. The molecule has 1 heterocycles. The number of methoxy groups -OCH3 is 1. The molecule has 186 valence electrons. The van der Waals surface area contributed by atoms with Crippen molar-refractivity contribution < 1.29 is 9.53 Å². The zero-order chi connectivity index (χ0) is 25.5. The summed E-state index contributed by atoms with van der Waals surface area (Å²) in [4.78, 5) is 12.5. The van der Waals surface area contributed by atoms with Gasteiger partial charge in [-0.2, -0.15) is 0 Å². The Bertz CT molecular complexity index is 1340. The van der Waals surface area contributed by atoms with Gasteiger partial charge in [-0.3, -0.25) is 4.79 Å². The van der Waals surface area contributed by atoms with E-state index in [1.807, 2.05) is 60.0 Å². The van der Waals surface area contributed by atoms with Gasteiger partial charge in [-0.05, 0) is 42.8 Å². The molecule has 36 heavy (non-hydrogen) atoms. The summed E-state index contributed by atoms with van der Waals surface area (Å²) >= 11 is 14.1. The van der Waals surface area contributed by atoms with E-state index in [1.54, 1.807) is 25.3 Å². The van der Waals surface area contributed by atoms with E-state index in [0.29, 0.717) is 45.3 Å². The molecule has 3 aromatic carbocycles. The summed E-state index contributed by atoms with van der Waals surface area (Å²) in [5, 5.41) is 16.8. The fourth-order valence-corrected chi connectivity index (χ4v) is 4.93. The predicted octanol–water partition coefficient (Wildman–Crippen LogP) is 6.68. The highest BCUT2D eigenvalue weighted by atomic mass is 35.5. The molecule has 4 aromatic rings. The van der Waals surface area contributed by atoms with Crippen LogP contribution in [0.5, 0.6) is 5.75 Å². The van der Waals surface area contributed by atoms with E-state index in [9.17, 15) is 4.79 Å². The van der Waals surface area contributed by atoms with Crippen molar-refractivity contribution in [2.45, 2.75) is 25.0 Å². The van der Waals surface area contributed by atoms with Gasteiger partial charge in [-0.15, -0.1) is 10.2 Å². The summed E-state index contributed by atoms with van der Waals surface area (Å²) in [6, 6.07) is 20.6. The second-order valence-electron chi connectivity index (χ2n) is 7.77. The lowest BCUT2D eigenvalue weighted by Gasteiger charge is -2.15. The third-order valence-corrected chi connectivity index (χ3v) is 6.98. The van der Waals surface area contributed by atoms with E-state index in [-0.39, 0.29) is 11.7 Å². The number of para-hydroxylation sites is 2. The van der Waals surface area contributed by atoms with Gasteiger partial charge in [0, 0.05) is 30.4 Å². The van der Waals surface area contributed by atoms with E-state index in [2.05, 4.69) is 20.8 Å². The van der Waals surface area contributed by atoms with Crippen molar-refractivity contribution in [3.8, 4) is 5.75 Å². The zero-order valence-corrected chi connectivity index (χ0v) is 22.1. The van der Waals surface area contributed by atoms with Gasteiger partial charge in [0.2, 0.25) is 5.91 Å². The fraction of sp³-hybridized carbons (Fsp3) is 0.192. The van der Waals surface area contributed by atoms with E-state index >= 15 is 0 Å².